The fourth-order valence-corrected chi connectivity index (χ4v) is 4.80. The van der Waals surface area contributed by atoms with Gasteiger partial charge in [0, 0.05) is 28.4 Å². The molecule has 0 bridgehead atoms. The number of nitro benzene ring substituents is 1. The van der Waals surface area contributed by atoms with Gasteiger partial charge in [-0.2, -0.15) is 0 Å². The van der Waals surface area contributed by atoms with Gasteiger partial charge in [-0.25, -0.2) is 4.98 Å². The van der Waals surface area contributed by atoms with E-state index in [2.05, 4.69) is 10.3 Å². The van der Waals surface area contributed by atoms with Crippen LogP contribution in [0, 0.1) is 37.8 Å². The van der Waals surface area contributed by atoms with Gasteiger partial charge in [-0.1, -0.05) is 29.5 Å². The van der Waals surface area contributed by atoms with Gasteiger partial charge in [0.05, 0.1) is 9.82 Å². The first-order chi connectivity index (χ1) is 13.2. The van der Waals surface area contributed by atoms with E-state index in [4.69, 9.17) is 0 Å². The van der Waals surface area contributed by atoms with Crippen molar-refractivity contribution in [3.8, 4) is 0 Å². The summed E-state index contributed by atoms with van der Waals surface area (Å²) in [4.78, 5) is 28.6. The average Bonchev–Trinajstić information content (AvgIpc) is 3.02. The lowest BCUT2D eigenvalue weighted by Gasteiger charge is -2.13. The van der Waals surface area contributed by atoms with E-state index >= 15 is 0 Å². The normalized spacial score (nSPS) is 10.7. The number of nitrogens with one attached hydrogen (secondary N) is 1. The molecular formula is C20H19N3O3S2. The van der Waals surface area contributed by atoms with Gasteiger partial charge < -0.3 is 5.32 Å². The van der Waals surface area contributed by atoms with E-state index < -0.39 is 4.92 Å². The monoisotopic (exact) mass is 413 g/mol. The Bertz CT molecular complexity index is 1050. The second kappa shape index (κ2) is 8.12. The van der Waals surface area contributed by atoms with E-state index in [1.54, 1.807) is 12.1 Å². The lowest BCUT2D eigenvalue weighted by Crippen LogP contribution is -2.14. The Morgan fingerprint density at radius 1 is 1.14 bits per heavy atom. The largest absolute Gasteiger partial charge is 0.321 e. The van der Waals surface area contributed by atoms with Crippen LogP contribution in [0.5, 0.6) is 0 Å². The second-order valence-corrected chi connectivity index (χ2v) is 8.67. The molecular weight excluding hydrogens is 394 g/mol. The molecule has 0 saturated heterocycles. The quantitative estimate of drug-likeness (QED) is 0.429. The van der Waals surface area contributed by atoms with Crippen molar-refractivity contribution in [3.63, 3.8) is 0 Å². The van der Waals surface area contributed by atoms with E-state index in [-0.39, 0.29) is 17.2 Å². The Labute approximate surface area is 171 Å². The highest BCUT2D eigenvalue weighted by molar-refractivity contribution is 8.01. The highest BCUT2D eigenvalue weighted by atomic mass is 32.2. The minimum atomic E-state index is -0.470. The standard InChI is InChI=1S/C20H19N3O3S2/c1-11-7-12(2)18(13(3)8-11)22-19(24)15-5-6-17(16(9-15)23(25)26)28-20-21-14(4)10-27-20/h5-10H,1-4H3,(H,22,24). The predicted molar refractivity (Wildman–Crippen MR) is 113 cm³/mol. The summed E-state index contributed by atoms with van der Waals surface area (Å²) in [5.74, 6) is -0.375. The summed E-state index contributed by atoms with van der Waals surface area (Å²) >= 11 is 2.66. The highest BCUT2D eigenvalue weighted by Crippen LogP contribution is 2.37. The fourth-order valence-electron chi connectivity index (χ4n) is 2.92. The number of hydrogen-bond donors (Lipinski definition) is 1. The van der Waals surface area contributed by atoms with Crippen LogP contribution in [-0.4, -0.2) is 15.8 Å². The zero-order valence-electron chi connectivity index (χ0n) is 15.9. The third kappa shape index (κ3) is 4.40. The Morgan fingerprint density at radius 3 is 2.39 bits per heavy atom. The maximum atomic E-state index is 12.7. The molecule has 0 fully saturated rings. The van der Waals surface area contributed by atoms with Crippen LogP contribution < -0.4 is 5.32 Å². The van der Waals surface area contributed by atoms with E-state index in [0.717, 1.165) is 32.4 Å². The molecule has 0 spiro atoms. The molecule has 0 atom stereocenters. The number of nitro groups is 1. The van der Waals surface area contributed by atoms with Gasteiger partial charge in [0.25, 0.3) is 11.6 Å². The molecule has 1 aromatic heterocycles. The van der Waals surface area contributed by atoms with Crippen molar-refractivity contribution >= 4 is 40.4 Å². The van der Waals surface area contributed by atoms with E-state index in [0.29, 0.717) is 4.90 Å². The predicted octanol–water partition coefficient (Wildman–Crippen LogP) is 5.69. The van der Waals surface area contributed by atoms with Gasteiger partial charge in [0.15, 0.2) is 4.34 Å². The first-order valence-corrected chi connectivity index (χ1v) is 10.2. The number of rotatable bonds is 5. The summed E-state index contributed by atoms with van der Waals surface area (Å²) in [6, 6.07) is 8.49. The SMILES string of the molecule is Cc1cc(C)c(NC(=O)c2ccc(Sc3nc(C)cs3)c([N+](=O)[O-])c2)c(C)c1. The van der Waals surface area contributed by atoms with E-state index in [1.165, 1.54) is 29.2 Å². The van der Waals surface area contributed by atoms with E-state index in [9.17, 15) is 14.9 Å². The van der Waals surface area contributed by atoms with Crippen molar-refractivity contribution in [2.45, 2.75) is 36.9 Å². The minimum absolute atomic E-state index is 0.108. The number of anilines is 1. The number of amides is 1. The maximum absolute atomic E-state index is 12.7. The van der Waals surface area contributed by atoms with Crippen LogP contribution in [0.2, 0.25) is 0 Å². The van der Waals surface area contributed by atoms with Crippen LogP contribution >= 0.6 is 23.1 Å². The molecule has 0 radical (unpaired) electrons. The molecule has 0 aliphatic rings. The van der Waals surface area contributed by atoms with Crippen LogP contribution in [-0.2, 0) is 0 Å². The van der Waals surface area contributed by atoms with Gasteiger partial charge in [-0.3, -0.25) is 14.9 Å². The number of thiazole rings is 1. The summed E-state index contributed by atoms with van der Waals surface area (Å²) in [5.41, 5.74) is 4.75. The van der Waals surface area contributed by atoms with Crippen LogP contribution in [0.4, 0.5) is 11.4 Å². The molecule has 144 valence electrons. The molecule has 0 aliphatic carbocycles. The number of carbonyl (C=O) groups excluding carboxylic acids is 1. The third-order valence-electron chi connectivity index (χ3n) is 4.13. The number of hydrogen-bond acceptors (Lipinski definition) is 6. The van der Waals surface area contributed by atoms with Gasteiger partial charge in [0.1, 0.15) is 0 Å². The molecule has 6 nitrogen and oxygen atoms in total. The van der Waals surface area contributed by atoms with Crippen LogP contribution in [0.15, 0.2) is 44.9 Å². The first kappa shape index (κ1) is 20.0. The maximum Gasteiger partial charge on any atom is 0.284 e. The Hall–Kier alpha value is -2.71. The van der Waals surface area contributed by atoms with E-state index in [1.807, 2.05) is 45.2 Å². The molecule has 0 aliphatic heterocycles. The second-order valence-electron chi connectivity index (χ2n) is 6.52. The molecule has 3 aromatic rings. The number of carbonyl (C=O) groups is 1. The highest BCUT2D eigenvalue weighted by Gasteiger charge is 2.20. The minimum Gasteiger partial charge on any atom is -0.321 e. The van der Waals surface area contributed by atoms with Gasteiger partial charge in [-0.05, 0) is 51.0 Å². The average molecular weight is 414 g/mol. The van der Waals surface area contributed by atoms with Crippen molar-refractivity contribution in [2.24, 2.45) is 0 Å². The molecule has 1 heterocycles. The van der Waals surface area contributed by atoms with Crippen LogP contribution in [0.3, 0.4) is 0 Å². The molecule has 1 N–H and O–H groups in total. The molecule has 3 rings (SSSR count). The molecule has 8 heteroatoms. The summed E-state index contributed by atoms with van der Waals surface area (Å²) in [7, 11) is 0. The number of aryl methyl sites for hydroxylation is 4. The van der Waals surface area contributed by atoms with Crippen molar-refractivity contribution in [2.75, 3.05) is 5.32 Å². The topological polar surface area (TPSA) is 85.1 Å². The summed E-state index contributed by atoms with van der Waals surface area (Å²) in [5, 5.41) is 16.3. The third-order valence-corrected chi connectivity index (χ3v) is 6.25. The molecule has 0 unspecified atom stereocenters. The zero-order valence-corrected chi connectivity index (χ0v) is 17.5. The van der Waals surface area contributed by atoms with Gasteiger partial charge in [-0.15, -0.1) is 11.3 Å². The Balaban J connectivity index is 1.89. The fraction of sp³-hybridized carbons (Fsp3) is 0.200. The van der Waals surface area contributed by atoms with Crippen molar-refractivity contribution in [1.82, 2.24) is 4.98 Å². The number of nitrogens with zero attached hydrogens (tertiary/aromatic N) is 2. The molecule has 0 saturated carbocycles. The Morgan fingerprint density at radius 2 is 1.82 bits per heavy atom. The number of aromatic nitrogens is 1. The van der Waals surface area contributed by atoms with Crippen LogP contribution in [0.1, 0.15) is 32.7 Å². The van der Waals surface area contributed by atoms with Gasteiger partial charge >= 0.3 is 0 Å². The molecule has 1 amide bonds. The van der Waals surface area contributed by atoms with Crippen molar-refractivity contribution in [1.29, 1.82) is 0 Å². The van der Waals surface area contributed by atoms with Crippen LogP contribution in [0.25, 0.3) is 0 Å². The molecule has 2 aromatic carbocycles. The van der Waals surface area contributed by atoms with Crippen molar-refractivity contribution < 1.29 is 9.72 Å². The molecule has 28 heavy (non-hydrogen) atoms. The lowest BCUT2D eigenvalue weighted by atomic mass is 10.0. The van der Waals surface area contributed by atoms with Gasteiger partial charge in [0.2, 0.25) is 0 Å². The smallest absolute Gasteiger partial charge is 0.284 e. The Kier molecular flexibility index (Phi) is 5.81. The zero-order chi connectivity index (χ0) is 20.4. The summed E-state index contributed by atoms with van der Waals surface area (Å²) < 4.78 is 0.726. The summed E-state index contributed by atoms with van der Waals surface area (Å²) in [6.45, 7) is 7.72. The summed E-state index contributed by atoms with van der Waals surface area (Å²) in [6.07, 6.45) is 0. The number of benzene rings is 2. The first-order valence-electron chi connectivity index (χ1n) is 8.52. The lowest BCUT2D eigenvalue weighted by molar-refractivity contribution is -0.387. The van der Waals surface area contributed by atoms with Crippen molar-refractivity contribution in [3.05, 3.63) is 73.8 Å².